The number of anilines is 2. The Morgan fingerprint density at radius 2 is 1.84 bits per heavy atom. The number of alkyl halides is 1. The van der Waals surface area contributed by atoms with E-state index in [-0.39, 0.29) is 5.76 Å². The number of nitrogens with one attached hydrogen (secondary N) is 2. The molecule has 5 nitrogen and oxygen atoms in total. The molecule has 0 radical (unpaired) electrons. The second kappa shape index (κ2) is 9.58. The van der Waals surface area contributed by atoms with Gasteiger partial charge in [0.25, 0.3) is 5.85 Å². The first-order valence-corrected chi connectivity index (χ1v) is 10.00. The maximum absolute atomic E-state index is 15.4. The molecule has 0 saturated carbocycles. The molecule has 0 fully saturated rings. The van der Waals surface area contributed by atoms with Crippen LogP contribution in [0.4, 0.5) is 20.2 Å². The van der Waals surface area contributed by atoms with Crippen molar-refractivity contribution in [2.24, 2.45) is 0 Å². The Bertz CT molecular complexity index is 998. The minimum Gasteiger partial charge on any atom is -0.497 e. The van der Waals surface area contributed by atoms with Gasteiger partial charge in [0.1, 0.15) is 17.6 Å². The normalized spacial score (nSPS) is 20.5. The molecule has 1 aliphatic rings. The molecule has 2 atom stereocenters. The van der Waals surface area contributed by atoms with Crippen molar-refractivity contribution in [2.75, 3.05) is 32.0 Å². The lowest BCUT2D eigenvalue weighted by Crippen LogP contribution is -2.46. The second-order valence-electron chi connectivity index (χ2n) is 7.06. The van der Waals surface area contributed by atoms with Crippen molar-refractivity contribution in [2.45, 2.75) is 25.4 Å². The molecule has 0 spiro atoms. The van der Waals surface area contributed by atoms with Crippen molar-refractivity contribution < 1.29 is 23.0 Å². The summed E-state index contributed by atoms with van der Waals surface area (Å²) in [4.78, 5) is 0. The molecule has 2 N–H and O–H groups in total. The summed E-state index contributed by atoms with van der Waals surface area (Å²) < 4.78 is 45.8. The molecule has 0 bridgehead atoms. The summed E-state index contributed by atoms with van der Waals surface area (Å²) in [6.45, 7) is 2.29. The van der Waals surface area contributed by atoms with Gasteiger partial charge in [-0.25, -0.2) is 8.78 Å². The topological polar surface area (TPSA) is 51.8 Å². The minimum absolute atomic E-state index is 0.0318. The SMILES string of the molecule is COC1=CC(F)(OC)C(Nc2cc(C)c(Cl)c(NCc3ccccc3)c2OC)C(F)=C1. The highest BCUT2D eigenvalue weighted by Crippen LogP contribution is 2.44. The number of benzene rings is 2. The molecule has 31 heavy (non-hydrogen) atoms. The van der Waals surface area contributed by atoms with E-state index in [1.54, 1.807) is 13.0 Å². The fourth-order valence-corrected chi connectivity index (χ4v) is 3.59. The molecular formula is C23H25ClF2N2O3. The van der Waals surface area contributed by atoms with E-state index in [1.165, 1.54) is 14.2 Å². The molecule has 2 aromatic carbocycles. The molecule has 0 aliphatic heterocycles. The van der Waals surface area contributed by atoms with E-state index in [2.05, 4.69) is 10.6 Å². The van der Waals surface area contributed by atoms with Crippen LogP contribution in [-0.4, -0.2) is 33.2 Å². The Balaban J connectivity index is 1.97. The first-order valence-electron chi connectivity index (χ1n) is 9.62. The Kier molecular flexibility index (Phi) is 7.08. The largest absolute Gasteiger partial charge is 0.497 e. The van der Waals surface area contributed by atoms with Gasteiger partial charge in [-0.3, -0.25) is 0 Å². The highest BCUT2D eigenvalue weighted by atomic mass is 35.5. The summed E-state index contributed by atoms with van der Waals surface area (Å²) in [7, 11) is 3.96. The molecule has 0 amide bonds. The smallest absolute Gasteiger partial charge is 0.258 e. The summed E-state index contributed by atoms with van der Waals surface area (Å²) in [6, 6.07) is 9.97. The second-order valence-corrected chi connectivity index (χ2v) is 7.44. The summed E-state index contributed by atoms with van der Waals surface area (Å²) in [5, 5.41) is 6.60. The maximum atomic E-state index is 15.4. The predicted octanol–water partition coefficient (Wildman–Crippen LogP) is 5.76. The lowest BCUT2D eigenvalue weighted by molar-refractivity contribution is -0.0920. The quantitative estimate of drug-likeness (QED) is 0.535. The molecule has 0 heterocycles. The number of methoxy groups -OCH3 is 3. The number of hydrogen-bond acceptors (Lipinski definition) is 5. The van der Waals surface area contributed by atoms with E-state index in [0.717, 1.165) is 24.8 Å². The van der Waals surface area contributed by atoms with Gasteiger partial charge in [-0.1, -0.05) is 41.9 Å². The zero-order valence-electron chi connectivity index (χ0n) is 17.8. The lowest BCUT2D eigenvalue weighted by Gasteiger charge is -2.34. The van der Waals surface area contributed by atoms with Crippen LogP contribution < -0.4 is 15.4 Å². The first kappa shape index (κ1) is 22.9. The zero-order valence-corrected chi connectivity index (χ0v) is 18.5. The third-order valence-electron chi connectivity index (χ3n) is 5.05. The summed E-state index contributed by atoms with van der Waals surface area (Å²) >= 11 is 6.53. The number of hydrogen-bond donors (Lipinski definition) is 2. The molecule has 1 aliphatic carbocycles. The molecular weight excluding hydrogens is 426 g/mol. The summed E-state index contributed by atoms with van der Waals surface area (Å²) in [5.41, 5.74) is 2.63. The van der Waals surface area contributed by atoms with Crippen LogP contribution in [-0.2, 0) is 16.0 Å². The Labute approximate surface area is 185 Å². The summed E-state index contributed by atoms with van der Waals surface area (Å²) in [6.07, 6.45) is 2.19. The minimum atomic E-state index is -2.47. The van der Waals surface area contributed by atoms with Gasteiger partial charge in [-0.05, 0) is 24.1 Å². The van der Waals surface area contributed by atoms with Crippen LogP contribution in [0.3, 0.4) is 0 Å². The van der Waals surface area contributed by atoms with E-state index in [4.69, 9.17) is 25.8 Å². The highest BCUT2D eigenvalue weighted by Gasteiger charge is 2.44. The fourth-order valence-electron chi connectivity index (χ4n) is 3.38. The molecule has 0 saturated heterocycles. The Morgan fingerprint density at radius 1 is 1.13 bits per heavy atom. The number of allylic oxidation sites excluding steroid dienone is 1. The molecule has 3 rings (SSSR count). The third-order valence-corrected chi connectivity index (χ3v) is 5.54. The number of ether oxygens (including phenoxy) is 3. The van der Waals surface area contributed by atoms with Gasteiger partial charge in [0.05, 0.1) is 30.6 Å². The molecule has 2 aromatic rings. The number of aryl methyl sites for hydroxylation is 1. The van der Waals surface area contributed by atoms with E-state index in [9.17, 15) is 4.39 Å². The standard InChI is InChI=1S/C23H25ClF2N2O3/c1-14-10-18(28-22-17(25)11-16(29-2)12-23(22,26)31-4)21(30-3)20(19(14)24)27-13-15-8-6-5-7-9-15/h5-12,22,27-28H,13H2,1-4H3. The van der Waals surface area contributed by atoms with Crippen LogP contribution in [0, 0.1) is 6.92 Å². The van der Waals surface area contributed by atoms with Gasteiger partial charge < -0.3 is 24.8 Å². The van der Waals surface area contributed by atoms with Crippen LogP contribution in [0.2, 0.25) is 5.02 Å². The van der Waals surface area contributed by atoms with Crippen molar-refractivity contribution in [1.82, 2.24) is 0 Å². The monoisotopic (exact) mass is 450 g/mol. The molecule has 8 heteroatoms. The van der Waals surface area contributed by atoms with E-state index in [0.29, 0.717) is 34.3 Å². The highest BCUT2D eigenvalue weighted by molar-refractivity contribution is 6.34. The van der Waals surface area contributed by atoms with Crippen LogP contribution in [0.25, 0.3) is 0 Å². The average molecular weight is 451 g/mol. The van der Waals surface area contributed by atoms with Crippen molar-refractivity contribution in [3.63, 3.8) is 0 Å². The van der Waals surface area contributed by atoms with Crippen LogP contribution >= 0.6 is 11.6 Å². The first-order chi connectivity index (χ1) is 14.8. The van der Waals surface area contributed by atoms with Crippen LogP contribution in [0.5, 0.6) is 5.75 Å². The van der Waals surface area contributed by atoms with E-state index >= 15 is 4.39 Å². The number of rotatable bonds is 8. The van der Waals surface area contributed by atoms with Gasteiger partial charge in [0.2, 0.25) is 0 Å². The van der Waals surface area contributed by atoms with Crippen molar-refractivity contribution in [3.8, 4) is 5.75 Å². The van der Waals surface area contributed by atoms with Gasteiger partial charge in [-0.2, -0.15) is 0 Å². The molecule has 166 valence electrons. The summed E-state index contributed by atoms with van der Waals surface area (Å²) in [5.74, 6) is -2.89. The van der Waals surface area contributed by atoms with Gasteiger partial charge in [-0.15, -0.1) is 0 Å². The predicted molar refractivity (Wildman–Crippen MR) is 119 cm³/mol. The third kappa shape index (κ3) is 4.78. The van der Waals surface area contributed by atoms with Gasteiger partial charge in [0.15, 0.2) is 5.75 Å². The Hall–Kier alpha value is -2.77. The lowest BCUT2D eigenvalue weighted by atomic mass is 9.99. The van der Waals surface area contributed by atoms with Gasteiger partial charge >= 0.3 is 0 Å². The number of halogens is 3. The van der Waals surface area contributed by atoms with Crippen molar-refractivity contribution >= 4 is 23.0 Å². The van der Waals surface area contributed by atoms with Crippen molar-refractivity contribution in [1.29, 1.82) is 0 Å². The zero-order chi connectivity index (χ0) is 22.6. The van der Waals surface area contributed by atoms with Gasteiger partial charge in [0, 0.05) is 25.8 Å². The molecule has 0 aromatic heterocycles. The fraction of sp³-hybridized carbons (Fsp3) is 0.304. The van der Waals surface area contributed by atoms with E-state index < -0.39 is 17.7 Å². The van der Waals surface area contributed by atoms with Crippen LogP contribution in [0.15, 0.2) is 60.1 Å². The maximum Gasteiger partial charge on any atom is 0.258 e. The average Bonchev–Trinajstić information content (AvgIpc) is 2.77. The van der Waals surface area contributed by atoms with Crippen molar-refractivity contribution in [3.05, 3.63) is 76.3 Å². The van der Waals surface area contributed by atoms with Crippen LogP contribution in [0.1, 0.15) is 11.1 Å². The Morgan fingerprint density at radius 3 is 2.45 bits per heavy atom. The molecule has 2 unspecified atom stereocenters. The van der Waals surface area contributed by atoms with E-state index in [1.807, 2.05) is 30.3 Å².